The second-order valence-electron chi connectivity index (χ2n) is 7.48. The summed E-state index contributed by atoms with van der Waals surface area (Å²) in [6.45, 7) is 2.24. The quantitative estimate of drug-likeness (QED) is 0.670. The van der Waals surface area contributed by atoms with Crippen LogP contribution < -0.4 is 5.32 Å². The lowest BCUT2D eigenvalue weighted by atomic mass is 9.99. The molecule has 1 N–H and O–H groups in total. The standard InChI is InChI=1S/C22H30N4O5/c1-29-14-15-30-16-20(28)26-12-5-8-18(9-11-23-19(27)10-13-26)22-24-21(25-31-22)17-6-3-2-4-7-17/h2-4,6-7,18H,5,8-16H2,1H3,(H,23,27). The fraction of sp³-hybridized carbons (Fsp3) is 0.545. The average Bonchev–Trinajstić information content (AvgIpc) is 3.27. The van der Waals surface area contributed by atoms with Crippen LogP contribution in [-0.4, -0.2) is 73.4 Å². The Balaban J connectivity index is 1.62. The van der Waals surface area contributed by atoms with Crippen LogP contribution in [0.25, 0.3) is 11.4 Å². The minimum Gasteiger partial charge on any atom is -0.382 e. The molecule has 9 heteroatoms. The highest BCUT2D eigenvalue weighted by Gasteiger charge is 2.22. The number of benzene rings is 1. The molecule has 0 radical (unpaired) electrons. The van der Waals surface area contributed by atoms with Crippen molar-refractivity contribution < 1.29 is 23.6 Å². The molecular weight excluding hydrogens is 400 g/mol. The van der Waals surface area contributed by atoms with Gasteiger partial charge in [0.05, 0.1) is 13.2 Å². The van der Waals surface area contributed by atoms with Gasteiger partial charge in [0.2, 0.25) is 23.5 Å². The molecular formula is C22H30N4O5. The summed E-state index contributed by atoms with van der Waals surface area (Å²) in [5.41, 5.74) is 0.896. The summed E-state index contributed by atoms with van der Waals surface area (Å²) in [5.74, 6) is 0.934. The normalized spacial score (nSPS) is 18.3. The second-order valence-corrected chi connectivity index (χ2v) is 7.48. The van der Waals surface area contributed by atoms with Crippen molar-refractivity contribution in [3.63, 3.8) is 0 Å². The molecule has 31 heavy (non-hydrogen) atoms. The van der Waals surface area contributed by atoms with Crippen LogP contribution in [0.1, 0.15) is 37.5 Å². The van der Waals surface area contributed by atoms with Crippen LogP contribution >= 0.6 is 0 Å². The number of hydrogen-bond acceptors (Lipinski definition) is 7. The zero-order valence-electron chi connectivity index (χ0n) is 17.9. The van der Waals surface area contributed by atoms with Crippen molar-refractivity contribution >= 4 is 11.8 Å². The lowest BCUT2D eigenvalue weighted by Crippen LogP contribution is -2.38. The van der Waals surface area contributed by atoms with Gasteiger partial charge in [-0.25, -0.2) is 0 Å². The van der Waals surface area contributed by atoms with Crippen LogP contribution in [0.3, 0.4) is 0 Å². The van der Waals surface area contributed by atoms with Gasteiger partial charge in [-0.2, -0.15) is 4.98 Å². The van der Waals surface area contributed by atoms with Crippen molar-refractivity contribution in [3.05, 3.63) is 36.2 Å². The highest BCUT2D eigenvalue weighted by Crippen LogP contribution is 2.26. The monoisotopic (exact) mass is 430 g/mol. The summed E-state index contributed by atoms with van der Waals surface area (Å²) >= 11 is 0. The lowest BCUT2D eigenvalue weighted by Gasteiger charge is -2.22. The Morgan fingerprint density at radius 1 is 1.23 bits per heavy atom. The predicted octanol–water partition coefficient (Wildman–Crippen LogP) is 2.00. The van der Waals surface area contributed by atoms with E-state index in [0.717, 1.165) is 18.4 Å². The SMILES string of the molecule is COCCOCC(=O)N1CCCC(c2nc(-c3ccccc3)no2)CCNC(=O)CC1. The van der Waals surface area contributed by atoms with Crippen LogP contribution in [0.4, 0.5) is 0 Å². The molecule has 1 aromatic heterocycles. The van der Waals surface area contributed by atoms with Gasteiger partial charge in [-0.15, -0.1) is 0 Å². The maximum absolute atomic E-state index is 12.5. The molecule has 168 valence electrons. The molecule has 1 aliphatic heterocycles. The highest BCUT2D eigenvalue weighted by molar-refractivity contribution is 5.79. The molecule has 9 nitrogen and oxygen atoms in total. The first-order valence-electron chi connectivity index (χ1n) is 10.7. The minimum absolute atomic E-state index is 0.0123. The zero-order valence-corrected chi connectivity index (χ0v) is 17.9. The number of methoxy groups -OCH3 is 1. The predicted molar refractivity (Wildman–Crippen MR) is 113 cm³/mol. The van der Waals surface area contributed by atoms with Gasteiger partial charge in [-0.05, 0) is 19.3 Å². The van der Waals surface area contributed by atoms with E-state index in [9.17, 15) is 9.59 Å². The van der Waals surface area contributed by atoms with E-state index in [0.29, 0.717) is 51.0 Å². The maximum atomic E-state index is 12.5. The summed E-state index contributed by atoms with van der Waals surface area (Å²) in [7, 11) is 1.58. The first kappa shape index (κ1) is 22.9. The van der Waals surface area contributed by atoms with Gasteiger partial charge in [0, 0.05) is 44.6 Å². The zero-order chi connectivity index (χ0) is 21.9. The minimum atomic E-state index is -0.121. The van der Waals surface area contributed by atoms with Crippen LogP contribution in [0.15, 0.2) is 34.9 Å². The van der Waals surface area contributed by atoms with E-state index in [1.54, 1.807) is 12.0 Å². The van der Waals surface area contributed by atoms with Crippen molar-refractivity contribution in [2.75, 3.05) is 46.6 Å². The molecule has 1 aliphatic rings. The summed E-state index contributed by atoms with van der Waals surface area (Å²) < 4.78 is 15.8. The molecule has 3 rings (SSSR count). The Hall–Kier alpha value is -2.78. The highest BCUT2D eigenvalue weighted by atomic mass is 16.5. The molecule has 1 unspecified atom stereocenters. The van der Waals surface area contributed by atoms with Crippen molar-refractivity contribution in [3.8, 4) is 11.4 Å². The molecule has 0 bridgehead atoms. The summed E-state index contributed by atoms with van der Waals surface area (Å²) in [4.78, 5) is 31.0. The van der Waals surface area contributed by atoms with Crippen molar-refractivity contribution in [2.45, 2.75) is 31.6 Å². The molecule has 0 aliphatic carbocycles. The molecule has 1 saturated heterocycles. The van der Waals surface area contributed by atoms with Gasteiger partial charge in [0.15, 0.2) is 0 Å². The molecule has 2 heterocycles. The Morgan fingerprint density at radius 3 is 2.87 bits per heavy atom. The summed E-state index contributed by atoms with van der Waals surface area (Å²) in [6, 6.07) is 9.67. The largest absolute Gasteiger partial charge is 0.382 e. The van der Waals surface area contributed by atoms with Crippen molar-refractivity contribution in [1.29, 1.82) is 0 Å². The molecule has 1 atom stereocenters. The number of nitrogens with zero attached hydrogens (tertiary/aromatic N) is 3. The summed E-state index contributed by atoms with van der Waals surface area (Å²) in [5, 5.41) is 7.04. The first-order valence-corrected chi connectivity index (χ1v) is 10.7. The number of ether oxygens (including phenoxy) is 2. The van der Waals surface area contributed by atoms with E-state index >= 15 is 0 Å². The number of rotatable bonds is 7. The van der Waals surface area contributed by atoms with Gasteiger partial charge < -0.3 is 24.2 Å². The molecule has 1 fully saturated rings. The van der Waals surface area contributed by atoms with Crippen LogP contribution in [0.2, 0.25) is 0 Å². The lowest BCUT2D eigenvalue weighted by molar-refractivity contribution is -0.137. The Morgan fingerprint density at radius 2 is 2.06 bits per heavy atom. The van der Waals surface area contributed by atoms with E-state index < -0.39 is 0 Å². The number of amides is 2. The summed E-state index contributed by atoms with van der Waals surface area (Å²) in [6.07, 6.45) is 2.52. The first-order chi connectivity index (χ1) is 15.2. The smallest absolute Gasteiger partial charge is 0.248 e. The van der Waals surface area contributed by atoms with Crippen LogP contribution in [0.5, 0.6) is 0 Å². The average molecular weight is 431 g/mol. The Bertz CT molecular complexity index is 826. The number of hydrogen-bond donors (Lipinski definition) is 1. The van der Waals surface area contributed by atoms with Crippen LogP contribution in [-0.2, 0) is 19.1 Å². The second kappa shape index (κ2) is 12.2. The van der Waals surface area contributed by atoms with Gasteiger partial charge in [0.25, 0.3) is 0 Å². The third-order valence-electron chi connectivity index (χ3n) is 5.24. The van der Waals surface area contributed by atoms with Crippen LogP contribution in [0, 0.1) is 0 Å². The third-order valence-corrected chi connectivity index (χ3v) is 5.24. The van der Waals surface area contributed by atoms with E-state index in [-0.39, 0.29) is 30.8 Å². The Kier molecular flexibility index (Phi) is 8.99. The topological polar surface area (TPSA) is 107 Å². The number of nitrogens with one attached hydrogen (secondary N) is 1. The van der Waals surface area contributed by atoms with E-state index in [2.05, 4.69) is 15.5 Å². The van der Waals surface area contributed by atoms with Gasteiger partial charge in [-0.3, -0.25) is 9.59 Å². The van der Waals surface area contributed by atoms with E-state index in [4.69, 9.17) is 14.0 Å². The van der Waals surface area contributed by atoms with E-state index in [1.807, 2.05) is 30.3 Å². The molecule has 2 amide bonds. The Labute approximate surface area is 182 Å². The van der Waals surface area contributed by atoms with Gasteiger partial charge in [-0.1, -0.05) is 35.5 Å². The fourth-order valence-electron chi connectivity index (χ4n) is 3.49. The molecule has 0 saturated carbocycles. The van der Waals surface area contributed by atoms with Gasteiger partial charge in [0.1, 0.15) is 6.61 Å². The van der Waals surface area contributed by atoms with E-state index in [1.165, 1.54) is 0 Å². The third kappa shape index (κ3) is 7.15. The van der Waals surface area contributed by atoms with Gasteiger partial charge >= 0.3 is 0 Å². The van der Waals surface area contributed by atoms with Crippen molar-refractivity contribution in [1.82, 2.24) is 20.4 Å². The molecule has 1 aromatic carbocycles. The van der Waals surface area contributed by atoms with Crippen molar-refractivity contribution in [2.24, 2.45) is 0 Å². The maximum Gasteiger partial charge on any atom is 0.248 e. The fourth-order valence-corrected chi connectivity index (χ4v) is 3.49. The number of aromatic nitrogens is 2. The number of carbonyl (C=O) groups excluding carboxylic acids is 2. The molecule has 2 aromatic rings. The number of carbonyl (C=O) groups is 2. The molecule has 0 spiro atoms.